The quantitative estimate of drug-likeness (QED) is 0.457. The average Bonchev–Trinajstić information content (AvgIpc) is 3.56. The van der Waals surface area contributed by atoms with Crippen molar-refractivity contribution in [3.05, 3.63) is 90.1 Å². The highest BCUT2D eigenvalue weighted by atomic mass is 16.3. The van der Waals surface area contributed by atoms with E-state index >= 15 is 0 Å². The first-order valence-corrected chi connectivity index (χ1v) is 9.97. The number of carbonyl (C=O) groups excluding carboxylic acids is 1. The lowest BCUT2D eigenvalue weighted by Crippen LogP contribution is -2.17. The van der Waals surface area contributed by atoms with E-state index in [0.29, 0.717) is 28.7 Å². The van der Waals surface area contributed by atoms with E-state index in [0.717, 1.165) is 16.9 Å². The van der Waals surface area contributed by atoms with Gasteiger partial charge in [0.1, 0.15) is 11.4 Å². The molecular weight excluding hydrogens is 406 g/mol. The van der Waals surface area contributed by atoms with Crippen molar-refractivity contribution in [3.8, 4) is 22.8 Å². The number of benzene rings is 2. The normalized spacial score (nSPS) is 10.9. The summed E-state index contributed by atoms with van der Waals surface area (Å²) >= 11 is 0. The fourth-order valence-electron chi connectivity index (χ4n) is 3.42. The molecule has 0 saturated carbocycles. The summed E-state index contributed by atoms with van der Waals surface area (Å²) in [5, 5.41) is 19.2. The number of rotatable bonds is 5. The van der Waals surface area contributed by atoms with Crippen molar-refractivity contribution >= 4 is 11.6 Å². The Bertz CT molecular complexity index is 1390. The monoisotopic (exact) mass is 425 g/mol. The molecule has 158 valence electrons. The van der Waals surface area contributed by atoms with Crippen LogP contribution in [0.5, 0.6) is 0 Å². The van der Waals surface area contributed by atoms with Crippen molar-refractivity contribution in [2.24, 2.45) is 0 Å². The van der Waals surface area contributed by atoms with Crippen molar-refractivity contribution in [2.75, 3.05) is 5.32 Å². The van der Waals surface area contributed by atoms with Crippen LogP contribution in [-0.2, 0) is 0 Å². The molecule has 5 aromatic rings. The van der Waals surface area contributed by atoms with Crippen molar-refractivity contribution < 1.29 is 9.21 Å². The molecule has 0 saturated heterocycles. The van der Waals surface area contributed by atoms with Crippen molar-refractivity contribution in [3.63, 3.8) is 0 Å². The molecule has 0 spiro atoms. The highest BCUT2D eigenvalue weighted by Gasteiger charge is 2.19. The van der Waals surface area contributed by atoms with E-state index in [2.05, 4.69) is 25.9 Å². The number of para-hydroxylation sites is 1. The standard InChI is InChI=1S/C23H19N7O2/c1-15-10-11-17(13-20(15)29-16(2)25-27-28-29)24-23(31)21-14-19(22-9-6-12-32-22)26-30(21)18-7-4-3-5-8-18/h3-14H,1-2H3,(H,24,31). The van der Waals surface area contributed by atoms with Gasteiger partial charge in [-0.05, 0) is 66.2 Å². The zero-order valence-electron chi connectivity index (χ0n) is 17.4. The van der Waals surface area contributed by atoms with Gasteiger partial charge in [-0.1, -0.05) is 24.3 Å². The Morgan fingerprint density at radius 2 is 1.81 bits per heavy atom. The second-order valence-corrected chi connectivity index (χ2v) is 7.23. The molecule has 0 aliphatic rings. The first-order valence-electron chi connectivity index (χ1n) is 9.97. The number of carbonyl (C=O) groups is 1. The van der Waals surface area contributed by atoms with Crippen LogP contribution in [-0.4, -0.2) is 35.9 Å². The molecule has 0 unspecified atom stereocenters. The molecule has 0 radical (unpaired) electrons. The summed E-state index contributed by atoms with van der Waals surface area (Å²) in [6.45, 7) is 3.78. The molecule has 0 bridgehead atoms. The smallest absolute Gasteiger partial charge is 0.274 e. The molecule has 2 aromatic carbocycles. The summed E-state index contributed by atoms with van der Waals surface area (Å²) in [6.07, 6.45) is 1.57. The van der Waals surface area contributed by atoms with E-state index in [1.54, 1.807) is 33.8 Å². The number of aryl methyl sites for hydroxylation is 2. The summed E-state index contributed by atoms with van der Waals surface area (Å²) in [7, 11) is 0. The number of nitrogens with zero attached hydrogens (tertiary/aromatic N) is 6. The van der Waals surface area contributed by atoms with Gasteiger partial charge >= 0.3 is 0 Å². The topological polar surface area (TPSA) is 104 Å². The van der Waals surface area contributed by atoms with Crippen LogP contribution in [0.2, 0.25) is 0 Å². The molecule has 5 rings (SSSR count). The van der Waals surface area contributed by atoms with Crippen molar-refractivity contribution in [1.82, 2.24) is 30.0 Å². The van der Waals surface area contributed by atoms with Crippen molar-refractivity contribution in [1.29, 1.82) is 0 Å². The molecule has 0 atom stereocenters. The number of nitrogens with one attached hydrogen (secondary N) is 1. The molecular formula is C23H19N7O2. The van der Waals surface area contributed by atoms with E-state index in [-0.39, 0.29) is 5.91 Å². The third-order valence-corrected chi connectivity index (χ3v) is 5.04. The average molecular weight is 425 g/mol. The fourth-order valence-corrected chi connectivity index (χ4v) is 3.42. The van der Waals surface area contributed by atoms with Gasteiger partial charge in [0, 0.05) is 11.8 Å². The molecule has 9 nitrogen and oxygen atoms in total. The molecule has 0 aliphatic carbocycles. The minimum atomic E-state index is -0.303. The van der Waals surface area contributed by atoms with Crippen molar-refractivity contribution in [2.45, 2.75) is 13.8 Å². The van der Waals surface area contributed by atoms with Gasteiger partial charge in [-0.3, -0.25) is 4.79 Å². The summed E-state index contributed by atoms with van der Waals surface area (Å²) in [4.78, 5) is 13.3. The first kappa shape index (κ1) is 19.4. The number of aromatic nitrogens is 6. The van der Waals surface area contributed by atoms with Gasteiger partial charge in [-0.25, -0.2) is 4.68 Å². The highest BCUT2D eigenvalue weighted by Crippen LogP contribution is 2.24. The lowest BCUT2D eigenvalue weighted by atomic mass is 10.1. The summed E-state index contributed by atoms with van der Waals surface area (Å²) < 4.78 is 8.71. The predicted molar refractivity (Wildman–Crippen MR) is 118 cm³/mol. The molecule has 3 heterocycles. The fraction of sp³-hybridized carbons (Fsp3) is 0.0870. The summed E-state index contributed by atoms with van der Waals surface area (Å²) in [5.74, 6) is 0.935. The van der Waals surface area contributed by atoms with Gasteiger partial charge in [0.25, 0.3) is 5.91 Å². The summed E-state index contributed by atoms with van der Waals surface area (Å²) in [6, 6.07) is 20.4. The Hall–Kier alpha value is -4.53. The van der Waals surface area contributed by atoms with Gasteiger partial charge in [0.15, 0.2) is 11.6 Å². The Balaban J connectivity index is 1.52. The number of hydrogen-bond acceptors (Lipinski definition) is 6. The van der Waals surface area contributed by atoms with E-state index in [9.17, 15) is 4.79 Å². The maximum absolute atomic E-state index is 13.3. The van der Waals surface area contributed by atoms with Crippen LogP contribution in [0.15, 0.2) is 77.4 Å². The second kappa shape index (κ2) is 7.95. The van der Waals surface area contributed by atoms with Crippen LogP contribution in [0.3, 0.4) is 0 Å². The minimum absolute atomic E-state index is 0.303. The Morgan fingerprint density at radius 3 is 2.53 bits per heavy atom. The van der Waals surface area contributed by atoms with E-state index in [4.69, 9.17) is 4.42 Å². The SMILES string of the molecule is Cc1ccc(NC(=O)c2cc(-c3ccco3)nn2-c2ccccc2)cc1-n1nnnc1C. The molecule has 3 aromatic heterocycles. The third-order valence-electron chi connectivity index (χ3n) is 5.04. The maximum atomic E-state index is 13.3. The number of tetrazole rings is 1. The van der Waals surface area contributed by atoms with Crippen LogP contribution in [0.25, 0.3) is 22.8 Å². The Kier molecular flexibility index (Phi) is 4.83. The lowest BCUT2D eigenvalue weighted by molar-refractivity contribution is 0.101. The minimum Gasteiger partial charge on any atom is -0.463 e. The van der Waals surface area contributed by atoms with Crippen LogP contribution in [0.4, 0.5) is 5.69 Å². The van der Waals surface area contributed by atoms with Crippen LogP contribution in [0.1, 0.15) is 21.9 Å². The molecule has 9 heteroatoms. The van der Waals surface area contributed by atoms with Crippen LogP contribution in [0, 0.1) is 13.8 Å². The van der Waals surface area contributed by atoms with Gasteiger partial charge < -0.3 is 9.73 Å². The van der Waals surface area contributed by atoms with Gasteiger partial charge in [-0.2, -0.15) is 9.78 Å². The van der Waals surface area contributed by atoms with Gasteiger partial charge in [0.05, 0.1) is 17.6 Å². The first-order chi connectivity index (χ1) is 15.6. The van der Waals surface area contributed by atoms with E-state index in [1.807, 2.05) is 62.4 Å². The second-order valence-electron chi connectivity index (χ2n) is 7.23. The number of amides is 1. The molecule has 0 aliphatic heterocycles. The predicted octanol–water partition coefficient (Wildman–Crippen LogP) is 3.98. The Labute approximate surface area is 183 Å². The number of hydrogen-bond donors (Lipinski definition) is 1. The highest BCUT2D eigenvalue weighted by molar-refractivity contribution is 6.04. The largest absolute Gasteiger partial charge is 0.463 e. The molecule has 0 fully saturated rings. The van der Waals surface area contributed by atoms with E-state index in [1.165, 1.54) is 0 Å². The van der Waals surface area contributed by atoms with Crippen LogP contribution < -0.4 is 5.32 Å². The summed E-state index contributed by atoms with van der Waals surface area (Å²) in [5.41, 5.74) is 4.10. The lowest BCUT2D eigenvalue weighted by Gasteiger charge is -2.11. The maximum Gasteiger partial charge on any atom is 0.274 e. The number of anilines is 1. The number of furan rings is 1. The van der Waals surface area contributed by atoms with E-state index < -0.39 is 0 Å². The Morgan fingerprint density at radius 1 is 0.969 bits per heavy atom. The molecule has 32 heavy (non-hydrogen) atoms. The third kappa shape index (κ3) is 3.56. The van der Waals surface area contributed by atoms with Gasteiger partial charge in [0.2, 0.25) is 0 Å². The zero-order chi connectivity index (χ0) is 22.1. The zero-order valence-corrected chi connectivity index (χ0v) is 17.4. The molecule has 1 amide bonds. The molecule has 1 N–H and O–H groups in total. The van der Waals surface area contributed by atoms with Crippen LogP contribution >= 0.6 is 0 Å². The van der Waals surface area contributed by atoms with Gasteiger partial charge in [-0.15, -0.1) is 5.10 Å².